The Morgan fingerprint density at radius 2 is 2.08 bits per heavy atom. The molecule has 0 aliphatic heterocycles. The van der Waals surface area contributed by atoms with E-state index in [4.69, 9.17) is 0 Å². The Morgan fingerprint density at radius 1 is 1.38 bits per heavy atom. The van der Waals surface area contributed by atoms with Gasteiger partial charge in [0, 0.05) is 25.1 Å². The number of carbonyl (C=O) groups is 1. The minimum Gasteiger partial charge on any atom is -0.348 e. The van der Waals surface area contributed by atoms with Crippen LogP contribution in [0.1, 0.15) is 35.4 Å². The number of aromatic amines is 1. The molecule has 0 unspecified atom stereocenters. The molecule has 2 N–H and O–H groups in total. The quantitative estimate of drug-likeness (QED) is 0.820. The first-order valence-electron chi connectivity index (χ1n) is 7.92. The van der Waals surface area contributed by atoms with Crippen LogP contribution in [0.15, 0.2) is 6.07 Å². The van der Waals surface area contributed by atoms with Crippen LogP contribution < -0.4 is 5.32 Å². The Bertz CT molecular complexity index is 789. The number of nitrogens with one attached hydrogen (secondary N) is 2. The van der Waals surface area contributed by atoms with Gasteiger partial charge in [0.1, 0.15) is 11.3 Å². The van der Waals surface area contributed by atoms with Crippen molar-refractivity contribution in [2.24, 2.45) is 0 Å². The van der Waals surface area contributed by atoms with Crippen LogP contribution in [0, 0.1) is 18.6 Å². The number of halogens is 2. The summed E-state index contributed by atoms with van der Waals surface area (Å²) in [4.78, 5) is 19.2. The maximum Gasteiger partial charge on any atom is 0.267 e. The lowest BCUT2D eigenvalue weighted by molar-refractivity contribution is 0.0933. The van der Waals surface area contributed by atoms with Gasteiger partial charge in [0.2, 0.25) is 0 Å². The van der Waals surface area contributed by atoms with Crippen LogP contribution >= 0.6 is 0 Å². The zero-order valence-electron chi connectivity index (χ0n) is 13.9. The third-order valence-corrected chi connectivity index (χ3v) is 9.20. The van der Waals surface area contributed by atoms with Crippen molar-refractivity contribution < 1.29 is 13.6 Å². The van der Waals surface area contributed by atoms with E-state index in [-0.39, 0.29) is 34.4 Å². The lowest BCUT2D eigenvalue weighted by Crippen LogP contribution is -2.34. The summed E-state index contributed by atoms with van der Waals surface area (Å²) in [5, 5.41) is 3.03. The molecule has 0 spiro atoms. The summed E-state index contributed by atoms with van der Waals surface area (Å²) in [6, 6.07) is 1.47. The van der Waals surface area contributed by atoms with Gasteiger partial charge in [-0.05, 0) is 30.5 Å². The molecule has 0 bridgehead atoms. The zero-order chi connectivity index (χ0) is 17.5. The molecule has 3 rings (SSSR count). The van der Waals surface area contributed by atoms with Gasteiger partial charge >= 0.3 is 0 Å². The minimum absolute atomic E-state index is 0.00842. The van der Waals surface area contributed by atoms with E-state index >= 15 is 0 Å². The van der Waals surface area contributed by atoms with Crippen molar-refractivity contribution in [1.82, 2.24) is 15.3 Å². The van der Waals surface area contributed by atoms with Crippen LogP contribution in [0.3, 0.4) is 0 Å². The van der Waals surface area contributed by atoms with Gasteiger partial charge in [-0.1, -0.05) is 19.5 Å². The number of aryl methyl sites for hydroxylation is 1. The third kappa shape index (κ3) is 2.92. The van der Waals surface area contributed by atoms with E-state index in [9.17, 15) is 13.6 Å². The zero-order valence-corrected chi connectivity index (χ0v) is 15.9. The number of carbonyl (C=O) groups excluding carboxylic acids is 1. The molecule has 0 saturated heterocycles. The normalized spacial score (nSPS) is 19.8. The Morgan fingerprint density at radius 3 is 2.71 bits per heavy atom. The first kappa shape index (κ1) is 17.3. The van der Waals surface area contributed by atoms with Gasteiger partial charge in [0.05, 0.1) is 11.1 Å². The van der Waals surface area contributed by atoms with Gasteiger partial charge in [-0.2, -0.15) is 0 Å². The molecular formula is C16H19F2N3OSi2. The molecule has 1 aliphatic rings. The lowest BCUT2D eigenvalue weighted by Gasteiger charge is -2.24. The highest BCUT2D eigenvalue weighted by atomic mass is 28.3. The number of hydrogen-bond acceptors (Lipinski definition) is 2. The van der Waals surface area contributed by atoms with Crippen LogP contribution in [0.5, 0.6) is 0 Å². The fourth-order valence-corrected chi connectivity index (χ4v) is 6.02. The Kier molecular flexibility index (Phi) is 4.61. The van der Waals surface area contributed by atoms with Crippen LogP contribution in [0.2, 0.25) is 17.8 Å². The van der Waals surface area contributed by atoms with Crippen molar-refractivity contribution in [3.8, 4) is 0 Å². The topological polar surface area (TPSA) is 57.8 Å². The highest BCUT2D eigenvalue weighted by Crippen LogP contribution is 2.43. The Labute approximate surface area is 144 Å². The first-order chi connectivity index (χ1) is 11.4. The van der Waals surface area contributed by atoms with Gasteiger partial charge in [0.15, 0.2) is 11.6 Å². The molecule has 4 radical (unpaired) electrons. The molecule has 2 aromatic rings. The van der Waals surface area contributed by atoms with Crippen LogP contribution in [0.25, 0.3) is 11.0 Å². The number of nitrogens with zero attached hydrogens (tertiary/aromatic N) is 1. The van der Waals surface area contributed by atoms with Crippen molar-refractivity contribution in [3.63, 3.8) is 0 Å². The molecule has 1 amide bonds. The van der Waals surface area contributed by atoms with Crippen molar-refractivity contribution >= 4 is 36.0 Å². The maximum absolute atomic E-state index is 14.0. The standard InChI is InChI=1S/C16H19F2N3OSi2/c1-8-12(17)13(18)10-6-11(21-14(10)19-8)15(22)20-9-4-5-16(7-9,23-2)24-3/h6,9H,4-5,7H2,1-3H3,(H,19,21)(H,20,22)/t9-/m0/s1. The average molecular weight is 364 g/mol. The number of pyridine rings is 1. The summed E-state index contributed by atoms with van der Waals surface area (Å²) in [7, 11) is 1.74. The molecule has 8 heteroatoms. The molecule has 2 heterocycles. The number of hydrogen-bond donors (Lipinski definition) is 2. The summed E-state index contributed by atoms with van der Waals surface area (Å²) >= 11 is 0. The average Bonchev–Trinajstić information content (AvgIpc) is 3.17. The molecule has 0 aromatic carbocycles. The fraction of sp³-hybridized carbons (Fsp3) is 0.500. The molecule has 4 nitrogen and oxygen atoms in total. The van der Waals surface area contributed by atoms with E-state index in [1.54, 1.807) is 0 Å². The highest BCUT2D eigenvalue weighted by Gasteiger charge is 2.37. The summed E-state index contributed by atoms with van der Waals surface area (Å²) in [5.74, 6) is -2.22. The van der Waals surface area contributed by atoms with Gasteiger partial charge in [0.25, 0.3) is 5.91 Å². The molecular weight excluding hydrogens is 344 g/mol. The number of H-pyrrole nitrogens is 1. The molecule has 1 aliphatic carbocycles. The fourth-order valence-electron chi connectivity index (χ4n) is 3.33. The summed E-state index contributed by atoms with van der Waals surface area (Å²) in [6.45, 7) is 5.85. The monoisotopic (exact) mass is 363 g/mol. The van der Waals surface area contributed by atoms with Crippen LogP contribution in [0.4, 0.5) is 8.78 Å². The number of amides is 1. The smallest absolute Gasteiger partial charge is 0.267 e. The second-order valence-electron chi connectivity index (χ2n) is 6.27. The van der Waals surface area contributed by atoms with Crippen LogP contribution in [-0.2, 0) is 0 Å². The van der Waals surface area contributed by atoms with Crippen molar-refractivity contribution in [2.75, 3.05) is 0 Å². The predicted octanol–water partition coefficient (Wildman–Crippen LogP) is 3.05. The second-order valence-corrected chi connectivity index (χ2v) is 9.68. The predicted molar refractivity (Wildman–Crippen MR) is 91.8 cm³/mol. The van der Waals surface area contributed by atoms with Crippen LogP contribution in [-0.4, -0.2) is 41.0 Å². The van der Waals surface area contributed by atoms with Crippen molar-refractivity contribution in [1.29, 1.82) is 0 Å². The maximum atomic E-state index is 14.0. The number of aromatic nitrogens is 2. The van der Waals surface area contributed by atoms with E-state index in [0.29, 0.717) is 4.66 Å². The molecule has 1 atom stereocenters. The third-order valence-electron chi connectivity index (χ3n) is 4.87. The summed E-state index contributed by atoms with van der Waals surface area (Å²) in [6.07, 6.45) is 3.09. The number of fused-ring (bicyclic) bond motifs is 1. The van der Waals surface area contributed by atoms with Gasteiger partial charge in [-0.3, -0.25) is 4.79 Å². The van der Waals surface area contributed by atoms with Gasteiger partial charge in [-0.15, -0.1) is 0 Å². The van der Waals surface area contributed by atoms with E-state index < -0.39 is 11.6 Å². The summed E-state index contributed by atoms with van der Waals surface area (Å²) < 4.78 is 27.9. The van der Waals surface area contributed by atoms with Gasteiger partial charge < -0.3 is 10.3 Å². The molecule has 2 aromatic heterocycles. The van der Waals surface area contributed by atoms with Crippen molar-refractivity contribution in [3.05, 3.63) is 29.1 Å². The highest BCUT2D eigenvalue weighted by molar-refractivity contribution is 6.60. The molecule has 126 valence electrons. The number of rotatable bonds is 4. The summed E-state index contributed by atoms with van der Waals surface area (Å²) in [5.41, 5.74) is 0.390. The van der Waals surface area contributed by atoms with E-state index in [0.717, 1.165) is 38.3 Å². The largest absolute Gasteiger partial charge is 0.348 e. The molecule has 24 heavy (non-hydrogen) atoms. The Balaban J connectivity index is 1.79. The lowest BCUT2D eigenvalue weighted by atomic mass is 10.2. The molecule has 1 fully saturated rings. The minimum atomic E-state index is -0.970. The second kappa shape index (κ2) is 6.40. The van der Waals surface area contributed by atoms with E-state index in [1.807, 2.05) is 0 Å². The van der Waals surface area contributed by atoms with Gasteiger partial charge in [-0.25, -0.2) is 13.8 Å². The Hall–Kier alpha value is -1.55. The molecule has 1 saturated carbocycles. The first-order valence-corrected chi connectivity index (χ1v) is 10.9. The van der Waals surface area contributed by atoms with E-state index in [2.05, 4.69) is 28.4 Å². The van der Waals surface area contributed by atoms with Crippen molar-refractivity contribution in [2.45, 2.75) is 50.0 Å². The SMILES string of the molecule is C[Si]C1([Si]C)CC[C@H](NC(=O)c2cc3c(F)c(F)c(C)nc3[nH]2)C1. The van der Waals surface area contributed by atoms with E-state index in [1.165, 1.54) is 13.0 Å².